The van der Waals surface area contributed by atoms with Crippen molar-refractivity contribution in [2.75, 3.05) is 38.0 Å². The first-order chi connectivity index (χ1) is 14.1. The molecule has 2 aromatic carbocycles. The minimum Gasteiger partial charge on any atom is -0.423 e. The lowest BCUT2D eigenvalue weighted by atomic mass is 10.1. The third kappa shape index (κ3) is 4.83. The summed E-state index contributed by atoms with van der Waals surface area (Å²) in [5, 5.41) is 4.97. The van der Waals surface area contributed by atoms with Crippen molar-refractivity contribution in [1.29, 1.82) is 0 Å². The van der Waals surface area contributed by atoms with Crippen LogP contribution in [-0.2, 0) is 6.42 Å². The van der Waals surface area contributed by atoms with E-state index < -0.39 is 0 Å². The van der Waals surface area contributed by atoms with Crippen molar-refractivity contribution in [3.8, 4) is 0 Å². The van der Waals surface area contributed by atoms with Crippen molar-refractivity contribution in [3.05, 3.63) is 76.1 Å². The number of aryl methyl sites for hydroxylation is 1. The number of nitrogens with zero attached hydrogens (tertiary/aromatic N) is 1. The van der Waals surface area contributed by atoms with Crippen LogP contribution in [0.4, 0.5) is 5.69 Å². The molecule has 0 bridgehead atoms. The molecule has 150 valence electrons. The van der Waals surface area contributed by atoms with Crippen molar-refractivity contribution in [2.45, 2.75) is 13.3 Å². The monoisotopic (exact) mass is 408 g/mol. The van der Waals surface area contributed by atoms with Gasteiger partial charge in [-0.05, 0) is 42.4 Å². The van der Waals surface area contributed by atoms with Gasteiger partial charge in [0, 0.05) is 29.6 Å². The van der Waals surface area contributed by atoms with E-state index in [0.717, 1.165) is 60.9 Å². The summed E-state index contributed by atoms with van der Waals surface area (Å²) < 4.78 is 5.33. The van der Waals surface area contributed by atoms with Crippen LogP contribution < -0.4 is 15.8 Å². The lowest BCUT2D eigenvalue weighted by Gasteiger charge is -2.34. The van der Waals surface area contributed by atoms with Crippen LogP contribution in [0.5, 0.6) is 0 Å². The highest BCUT2D eigenvalue weighted by Crippen LogP contribution is 2.21. The molecular weight excluding hydrogens is 382 g/mol. The summed E-state index contributed by atoms with van der Waals surface area (Å²) in [6, 6.07) is 18.0. The zero-order valence-corrected chi connectivity index (χ0v) is 17.4. The molecule has 2 N–H and O–H groups in total. The summed E-state index contributed by atoms with van der Waals surface area (Å²) in [6.07, 6.45) is 1.11. The number of piperazine rings is 1. The third-order valence-corrected chi connectivity index (χ3v) is 5.93. The number of hydrogen-bond donors (Lipinski definition) is 2. The first-order valence-corrected chi connectivity index (χ1v) is 10.5. The first-order valence-electron chi connectivity index (χ1n) is 10.1. The molecule has 1 aliphatic heterocycles. The zero-order chi connectivity index (χ0) is 20.2. The molecule has 0 atom stereocenters. The zero-order valence-electron chi connectivity index (χ0n) is 16.6. The maximum Gasteiger partial charge on any atom is 0.336 e. The summed E-state index contributed by atoms with van der Waals surface area (Å²) in [6.45, 7) is 7.12. The van der Waals surface area contributed by atoms with Crippen molar-refractivity contribution in [1.82, 2.24) is 4.90 Å². The molecule has 1 aromatic heterocycles. The Morgan fingerprint density at radius 1 is 1.14 bits per heavy atom. The van der Waals surface area contributed by atoms with Gasteiger partial charge in [-0.1, -0.05) is 30.3 Å². The van der Waals surface area contributed by atoms with Crippen LogP contribution in [-0.4, -0.2) is 42.7 Å². The second-order valence-corrected chi connectivity index (χ2v) is 8.00. The average Bonchev–Trinajstić information content (AvgIpc) is 2.73. The number of benzene rings is 2. The number of anilines is 1. The number of hydrogen-bond acceptors (Lipinski definition) is 3. The van der Waals surface area contributed by atoms with Crippen LogP contribution in [0.1, 0.15) is 11.1 Å². The van der Waals surface area contributed by atoms with E-state index in [0.29, 0.717) is 5.58 Å². The summed E-state index contributed by atoms with van der Waals surface area (Å²) >= 11 is 5.62. The number of thiocarbonyl (C=S) groups is 1. The molecule has 2 heterocycles. The molecule has 3 aromatic rings. The van der Waals surface area contributed by atoms with E-state index in [1.54, 1.807) is 4.90 Å². The van der Waals surface area contributed by atoms with Crippen LogP contribution in [0.25, 0.3) is 11.0 Å². The van der Waals surface area contributed by atoms with Crippen LogP contribution in [0.2, 0.25) is 0 Å². The Balaban J connectivity index is 1.32. The van der Waals surface area contributed by atoms with E-state index in [4.69, 9.17) is 16.6 Å². The van der Waals surface area contributed by atoms with Crippen LogP contribution in [0.15, 0.2) is 63.8 Å². The average molecular weight is 409 g/mol. The largest absolute Gasteiger partial charge is 0.423 e. The van der Waals surface area contributed by atoms with Crippen LogP contribution in [0.3, 0.4) is 0 Å². The van der Waals surface area contributed by atoms with E-state index in [2.05, 4.69) is 40.5 Å². The molecule has 1 saturated heterocycles. The quantitative estimate of drug-likeness (QED) is 0.512. The Morgan fingerprint density at radius 2 is 1.90 bits per heavy atom. The van der Waals surface area contributed by atoms with Gasteiger partial charge in [-0.25, -0.2) is 4.79 Å². The molecular formula is C23H26N3O2S+. The van der Waals surface area contributed by atoms with Gasteiger partial charge >= 0.3 is 5.63 Å². The topological polar surface area (TPSA) is 49.9 Å². The molecule has 6 heteroatoms. The number of fused-ring (bicyclic) bond motifs is 1. The maximum absolute atomic E-state index is 11.6. The van der Waals surface area contributed by atoms with Crippen molar-refractivity contribution >= 4 is 34.0 Å². The Bertz CT molecular complexity index is 1060. The highest BCUT2D eigenvalue weighted by atomic mass is 32.1. The molecule has 0 radical (unpaired) electrons. The van der Waals surface area contributed by atoms with Gasteiger partial charge in [-0.15, -0.1) is 0 Å². The second-order valence-electron chi connectivity index (χ2n) is 7.61. The SMILES string of the molecule is Cc1cc(=O)oc2cc(NC(=S)N3CC[NH+](CCc4ccccc4)CC3)ccc12. The molecule has 5 nitrogen and oxygen atoms in total. The Morgan fingerprint density at radius 3 is 2.66 bits per heavy atom. The molecule has 29 heavy (non-hydrogen) atoms. The predicted molar refractivity (Wildman–Crippen MR) is 121 cm³/mol. The normalized spacial score (nSPS) is 14.9. The van der Waals surface area contributed by atoms with Gasteiger partial charge in [0.2, 0.25) is 0 Å². The highest BCUT2D eigenvalue weighted by Gasteiger charge is 2.21. The molecule has 0 amide bonds. The molecule has 1 fully saturated rings. The summed E-state index contributed by atoms with van der Waals surface area (Å²) in [7, 11) is 0. The van der Waals surface area contributed by atoms with Gasteiger partial charge in [0.05, 0.1) is 32.7 Å². The summed E-state index contributed by atoms with van der Waals surface area (Å²) in [4.78, 5) is 15.5. The molecule has 0 unspecified atom stereocenters. The number of rotatable bonds is 4. The van der Waals surface area contributed by atoms with E-state index >= 15 is 0 Å². The minimum atomic E-state index is -0.329. The Kier molecular flexibility index (Phi) is 5.92. The number of nitrogens with one attached hydrogen (secondary N) is 2. The predicted octanol–water partition coefficient (Wildman–Crippen LogP) is 2.24. The fourth-order valence-corrected chi connectivity index (χ4v) is 4.15. The first kappa shape index (κ1) is 19.6. The van der Waals surface area contributed by atoms with Crippen LogP contribution in [0, 0.1) is 6.92 Å². The lowest BCUT2D eigenvalue weighted by molar-refractivity contribution is -0.903. The van der Waals surface area contributed by atoms with Gasteiger partial charge < -0.3 is 19.5 Å². The van der Waals surface area contributed by atoms with Gasteiger partial charge in [0.25, 0.3) is 0 Å². The van der Waals surface area contributed by atoms with Crippen molar-refractivity contribution in [2.24, 2.45) is 0 Å². The molecule has 1 aliphatic rings. The smallest absolute Gasteiger partial charge is 0.336 e. The molecule has 0 saturated carbocycles. The Hall–Kier alpha value is -2.70. The maximum atomic E-state index is 11.6. The van der Waals surface area contributed by atoms with E-state index in [9.17, 15) is 4.79 Å². The standard InChI is InChI=1S/C23H25N3O2S/c1-17-15-22(27)28-21-16-19(7-8-20(17)21)24-23(29)26-13-11-25(12-14-26)10-9-18-5-3-2-4-6-18/h2-8,15-16H,9-14H2,1H3,(H,24,29)/p+1. The molecule has 0 aliphatic carbocycles. The van der Waals surface area contributed by atoms with Gasteiger partial charge in [0.1, 0.15) is 5.58 Å². The van der Waals surface area contributed by atoms with E-state index in [-0.39, 0.29) is 5.63 Å². The number of quaternary nitrogens is 1. The fraction of sp³-hybridized carbons (Fsp3) is 0.304. The van der Waals surface area contributed by atoms with E-state index in [1.807, 2.05) is 25.1 Å². The lowest BCUT2D eigenvalue weighted by Crippen LogP contribution is -3.15. The minimum absolute atomic E-state index is 0.329. The van der Waals surface area contributed by atoms with Gasteiger partial charge in [-0.2, -0.15) is 0 Å². The summed E-state index contributed by atoms with van der Waals surface area (Å²) in [5.41, 5.74) is 3.41. The Labute approximate surface area is 175 Å². The van der Waals surface area contributed by atoms with Crippen molar-refractivity contribution < 1.29 is 9.32 Å². The van der Waals surface area contributed by atoms with Gasteiger partial charge in [-0.3, -0.25) is 0 Å². The second kappa shape index (κ2) is 8.76. The van der Waals surface area contributed by atoms with Crippen LogP contribution >= 0.6 is 12.2 Å². The summed E-state index contributed by atoms with van der Waals surface area (Å²) in [5.74, 6) is 0. The van der Waals surface area contributed by atoms with E-state index in [1.165, 1.54) is 11.6 Å². The highest BCUT2D eigenvalue weighted by molar-refractivity contribution is 7.80. The van der Waals surface area contributed by atoms with Crippen molar-refractivity contribution in [3.63, 3.8) is 0 Å². The fourth-order valence-electron chi connectivity index (χ4n) is 3.85. The van der Waals surface area contributed by atoms with Gasteiger partial charge in [0.15, 0.2) is 5.11 Å². The molecule has 0 spiro atoms. The molecule has 4 rings (SSSR count). The third-order valence-electron chi connectivity index (χ3n) is 5.57.